The molecule has 0 aromatic heterocycles. The molecule has 0 bridgehead atoms. The fraction of sp³-hybridized carbons (Fsp3) is 0.391. The van der Waals surface area contributed by atoms with Gasteiger partial charge in [-0.25, -0.2) is 4.79 Å². The first-order valence-corrected chi connectivity index (χ1v) is 9.76. The Morgan fingerprint density at radius 3 is 2.63 bits per heavy atom. The topological polar surface area (TPSA) is 91.3 Å². The van der Waals surface area contributed by atoms with Crippen LogP contribution in [0.2, 0.25) is 0 Å². The van der Waals surface area contributed by atoms with Crippen LogP contribution in [0.15, 0.2) is 24.3 Å². The van der Waals surface area contributed by atoms with E-state index in [1.807, 2.05) is 20.8 Å². The predicted molar refractivity (Wildman–Crippen MR) is 109 cm³/mol. The number of hydrogen-bond donors (Lipinski definition) is 1. The van der Waals surface area contributed by atoms with Gasteiger partial charge < -0.3 is 24.1 Å². The van der Waals surface area contributed by atoms with Crippen LogP contribution in [-0.2, 0) is 20.9 Å². The van der Waals surface area contributed by atoms with Gasteiger partial charge in [0.25, 0.3) is 0 Å². The molecule has 1 aliphatic heterocycles. The van der Waals surface area contributed by atoms with Crippen molar-refractivity contribution in [1.29, 1.82) is 0 Å². The monoisotopic (exact) mass is 414 g/mol. The van der Waals surface area contributed by atoms with Crippen LogP contribution in [0.25, 0.3) is 0 Å². The number of cyclic esters (lactones) is 1. The number of aryl methyl sites for hydroxylation is 1. The van der Waals surface area contributed by atoms with Gasteiger partial charge in [-0.3, -0.25) is 4.79 Å². The van der Waals surface area contributed by atoms with E-state index in [1.165, 1.54) is 14.0 Å². The number of aromatic hydroxyl groups is 1. The minimum atomic E-state index is -0.624. The number of ether oxygens (including phenoxy) is 4. The molecule has 1 aliphatic rings. The standard InChI is InChI=1S/C23H26O7/c1-12(2)8-19(29-14(4)24)16-6-7-18-20(22(16)27-5)23(26)28-11-15-9-13(3)10-17(25)21(15)30-18/h6-7,9-10,12,19,25H,8,11H2,1-5H3/t19-/m0/s1. The zero-order chi connectivity index (χ0) is 22.0. The van der Waals surface area contributed by atoms with E-state index in [4.69, 9.17) is 18.9 Å². The Morgan fingerprint density at radius 1 is 1.27 bits per heavy atom. The van der Waals surface area contributed by atoms with E-state index in [-0.39, 0.29) is 41.1 Å². The zero-order valence-electron chi connectivity index (χ0n) is 17.8. The Hall–Kier alpha value is -3.22. The van der Waals surface area contributed by atoms with Crippen LogP contribution in [0.3, 0.4) is 0 Å². The lowest BCUT2D eigenvalue weighted by Crippen LogP contribution is -2.17. The molecule has 0 aliphatic carbocycles. The van der Waals surface area contributed by atoms with Gasteiger partial charge in [-0.15, -0.1) is 0 Å². The van der Waals surface area contributed by atoms with Gasteiger partial charge in [0.05, 0.1) is 7.11 Å². The maximum absolute atomic E-state index is 12.9. The maximum Gasteiger partial charge on any atom is 0.346 e. The highest BCUT2D eigenvalue weighted by molar-refractivity contribution is 5.96. The molecule has 30 heavy (non-hydrogen) atoms. The molecule has 1 heterocycles. The minimum absolute atomic E-state index is 0.0467. The lowest BCUT2D eigenvalue weighted by molar-refractivity contribution is -0.147. The summed E-state index contributed by atoms with van der Waals surface area (Å²) in [7, 11) is 1.43. The Morgan fingerprint density at radius 2 is 2.00 bits per heavy atom. The molecule has 1 atom stereocenters. The third-order valence-corrected chi connectivity index (χ3v) is 4.76. The van der Waals surface area contributed by atoms with Crippen LogP contribution < -0.4 is 9.47 Å². The van der Waals surface area contributed by atoms with E-state index in [0.717, 1.165) is 5.56 Å². The third kappa shape index (κ3) is 4.35. The van der Waals surface area contributed by atoms with Crippen LogP contribution in [0.5, 0.6) is 23.0 Å². The minimum Gasteiger partial charge on any atom is -0.504 e. The number of rotatable bonds is 5. The number of benzene rings is 2. The smallest absolute Gasteiger partial charge is 0.346 e. The van der Waals surface area contributed by atoms with Gasteiger partial charge in [0.15, 0.2) is 11.5 Å². The second kappa shape index (κ2) is 8.65. The van der Waals surface area contributed by atoms with Crippen molar-refractivity contribution in [2.75, 3.05) is 7.11 Å². The van der Waals surface area contributed by atoms with Gasteiger partial charge in [0, 0.05) is 18.1 Å². The third-order valence-electron chi connectivity index (χ3n) is 4.76. The van der Waals surface area contributed by atoms with Gasteiger partial charge in [-0.2, -0.15) is 0 Å². The van der Waals surface area contributed by atoms with E-state index >= 15 is 0 Å². The van der Waals surface area contributed by atoms with Gasteiger partial charge >= 0.3 is 11.9 Å². The molecule has 0 saturated carbocycles. The number of methoxy groups -OCH3 is 1. The molecule has 0 unspecified atom stereocenters. The van der Waals surface area contributed by atoms with Crippen LogP contribution >= 0.6 is 0 Å². The Bertz CT molecular complexity index is 978. The van der Waals surface area contributed by atoms with Crippen LogP contribution in [0.1, 0.15) is 60.3 Å². The van der Waals surface area contributed by atoms with E-state index in [2.05, 4.69) is 0 Å². The molecule has 7 heteroatoms. The van der Waals surface area contributed by atoms with E-state index in [9.17, 15) is 14.7 Å². The Labute approximate surface area is 175 Å². The average molecular weight is 414 g/mol. The molecule has 0 fully saturated rings. The maximum atomic E-state index is 12.9. The van der Waals surface area contributed by atoms with Crippen molar-refractivity contribution in [3.63, 3.8) is 0 Å². The summed E-state index contributed by atoms with van der Waals surface area (Å²) < 4.78 is 22.5. The highest BCUT2D eigenvalue weighted by Gasteiger charge is 2.31. The number of phenolic OH excluding ortho intramolecular Hbond substituents is 1. The van der Waals surface area contributed by atoms with Crippen molar-refractivity contribution in [2.24, 2.45) is 5.92 Å². The molecule has 0 amide bonds. The number of esters is 2. The van der Waals surface area contributed by atoms with Gasteiger partial charge in [-0.1, -0.05) is 13.8 Å². The molecule has 0 radical (unpaired) electrons. The second-order valence-corrected chi connectivity index (χ2v) is 7.74. The first-order valence-electron chi connectivity index (χ1n) is 9.76. The second-order valence-electron chi connectivity index (χ2n) is 7.74. The van der Waals surface area contributed by atoms with Crippen molar-refractivity contribution < 1.29 is 33.6 Å². The first kappa shape index (κ1) is 21.5. The molecule has 160 valence electrons. The molecule has 2 aromatic carbocycles. The van der Waals surface area contributed by atoms with E-state index in [0.29, 0.717) is 17.5 Å². The summed E-state index contributed by atoms with van der Waals surface area (Å²) in [5, 5.41) is 10.4. The molecule has 1 N–H and O–H groups in total. The summed E-state index contributed by atoms with van der Waals surface area (Å²) in [6.07, 6.45) is -0.0441. The fourth-order valence-corrected chi connectivity index (χ4v) is 3.58. The number of hydrogen-bond acceptors (Lipinski definition) is 7. The summed E-state index contributed by atoms with van der Waals surface area (Å²) in [6, 6.07) is 6.66. The predicted octanol–water partition coefficient (Wildman–Crippen LogP) is 4.82. The lowest BCUT2D eigenvalue weighted by atomic mass is 9.96. The van der Waals surface area contributed by atoms with Crippen LogP contribution in [-0.4, -0.2) is 24.2 Å². The summed E-state index contributed by atoms with van der Waals surface area (Å²) in [4.78, 5) is 24.5. The number of fused-ring (bicyclic) bond motifs is 2. The Balaban J connectivity index is 2.15. The summed E-state index contributed by atoms with van der Waals surface area (Å²) >= 11 is 0. The molecule has 0 saturated heterocycles. The molecular formula is C23H26O7. The van der Waals surface area contributed by atoms with Crippen molar-refractivity contribution in [1.82, 2.24) is 0 Å². The van der Waals surface area contributed by atoms with Gasteiger partial charge in [-0.05, 0) is 49.1 Å². The molecule has 0 spiro atoms. The van der Waals surface area contributed by atoms with Crippen LogP contribution in [0.4, 0.5) is 0 Å². The molecule has 3 rings (SSSR count). The van der Waals surface area contributed by atoms with E-state index < -0.39 is 18.0 Å². The van der Waals surface area contributed by atoms with E-state index in [1.54, 1.807) is 24.3 Å². The molecular weight excluding hydrogens is 388 g/mol. The largest absolute Gasteiger partial charge is 0.504 e. The highest BCUT2D eigenvalue weighted by Crippen LogP contribution is 2.44. The zero-order valence-corrected chi connectivity index (χ0v) is 17.8. The van der Waals surface area contributed by atoms with Crippen molar-refractivity contribution in [2.45, 2.75) is 46.8 Å². The Kier molecular flexibility index (Phi) is 6.20. The summed E-state index contributed by atoms with van der Waals surface area (Å²) in [5.41, 5.74) is 2.01. The van der Waals surface area contributed by atoms with Gasteiger partial charge in [0.2, 0.25) is 0 Å². The number of phenols is 1. The lowest BCUT2D eigenvalue weighted by Gasteiger charge is -2.25. The van der Waals surface area contributed by atoms with Gasteiger partial charge in [0.1, 0.15) is 29.8 Å². The van der Waals surface area contributed by atoms with Crippen molar-refractivity contribution in [3.05, 3.63) is 46.5 Å². The number of carbonyl (C=O) groups is 2. The van der Waals surface area contributed by atoms with Crippen molar-refractivity contribution in [3.8, 4) is 23.0 Å². The average Bonchev–Trinajstić information content (AvgIpc) is 2.65. The van der Waals surface area contributed by atoms with Crippen LogP contribution in [0, 0.1) is 12.8 Å². The first-order chi connectivity index (χ1) is 14.2. The number of carbonyl (C=O) groups excluding carboxylic acids is 2. The highest BCUT2D eigenvalue weighted by atomic mass is 16.6. The normalized spacial score (nSPS) is 13.9. The quantitative estimate of drug-likeness (QED) is 0.701. The SMILES string of the molecule is COc1c([C@H](CC(C)C)OC(C)=O)ccc2c1C(=O)OCc1cc(C)cc(O)c1O2. The molecule has 7 nitrogen and oxygen atoms in total. The molecule has 2 aromatic rings. The fourth-order valence-electron chi connectivity index (χ4n) is 3.58. The summed E-state index contributed by atoms with van der Waals surface area (Å²) in [5.74, 6) is -0.232. The van der Waals surface area contributed by atoms with Crippen molar-refractivity contribution >= 4 is 11.9 Å². The summed E-state index contributed by atoms with van der Waals surface area (Å²) in [6.45, 7) is 7.13.